The average Bonchev–Trinajstić information content (AvgIpc) is 2.40. The molecule has 0 spiro atoms. The summed E-state index contributed by atoms with van der Waals surface area (Å²) in [6.07, 6.45) is 5.69. The molecule has 0 unspecified atom stereocenters. The molecule has 1 fully saturated rings. The summed E-state index contributed by atoms with van der Waals surface area (Å²) in [6.45, 7) is 5.19. The van der Waals surface area contributed by atoms with Crippen molar-refractivity contribution in [2.45, 2.75) is 44.4 Å². The molecule has 0 atom stereocenters. The number of sulfonamides is 1. The summed E-state index contributed by atoms with van der Waals surface area (Å²) in [5.74, 6) is 0.502. The molecule has 0 aliphatic heterocycles. The summed E-state index contributed by atoms with van der Waals surface area (Å²) in [7, 11) is -3.56. The lowest BCUT2D eigenvalue weighted by atomic mass is 9.67. The Labute approximate surface area is 131 Å². The van der Waals surface area contributed by atoms with Gasteiger partial charge in [0.15, 0.2) is 0 Å². The predicted octanol–water partition coefficient (Wildman–Crippen LogP) is 3.03. The molecule has 2 N–H and O–H groups in total. The lowest BCUT2D eigenvalue weighted by Crippen LogP contribution is -2.41. The topological polar surface area (TPSA) is 71.1 Å². The van der Waals surface area contributed by atoms with Crippen molar-refractivity contribution in [3.8, 4) is 0 Å². The molecular weight excluding hydrogens is 310 g/mol. The molecular formula is C14H22ClN3O2S. The Balaban J connectivity index is 2.10. The first kappa shape index (κ1) is 16.5. The molecule has 0 amide bonds. The highest BCUT2D eigenvalue weighted by Crippen LogP contribution is 2.43. The number of hydrogen-bond acceptors (Lipinski definition) is 4. The summed E-state index contributed by atoms with van der Waals surface area (Å²) in [5, 5.41) is 3.29. The second kappa shape index (κ2) is 6.50. The fourth-order valence-electron chi connectivity index (χ4n) is 2.53. The molecule has 2 rings (SSSR count). The molecule has 0 saturated heterocycles. The monoisotopic (exact) mass is 331 g/mol. The first-order chi connectivity index (χ1) is 9.92. The van der Waals surface area contributed by atoms with Crippen molar-refractivity contribution in [1.82, 2.24) is 9.71 Å². The first-order valence-electron chi connectivity index (χ1n) is 7.31. The third-order valence-corrected chi connectivity index (χ3v) is 5.93. The van der Waals surface area contributed by atoms with Crippen LogP contribution in [0.5, 0.6) is 0 Å². The lowest BCUT2D eigenvalue weighted by Gasteiger charge is -2.41. The van der Waals surface area contributed by atoms with E-state index in [4.69, 9.17) is 11.6 Å². The molecule has 21 heavy (non-hydrogen) atoms. The Morgan fingerprint density at radius 1 is 1.38 bits per heavy atom. The molecule has 0 radical (unpaired) electrons. The van der Waals surface area contributed by atoms with Crippen molar-refractivity contribution in [3.63, 3.8) is 0 Å². The molecule has 1 saturated carbocycles. The maximum Gasteiger partial charge on any atom is 0.242 e. The second-order valence-corrected chi connectivity index (χ2v) is 7.74. The summed E-state index contributed by atoms with van der Waals surface area (Å²) in [6, 6.07) is 1.44. The molecule has 5 nitrogen and oxygen atoms in total. The van der Waals surface area contributed by atoms with E-state index in [1.807, 2.05) is 6.92 Å². The Morgan fingerprint density at radius 3 is 2.57 bits per heavy atom. The minimum atomic E-state index is -3.56. The molecule has 1 heterocycles. The van der Waals surface area contributed by atoms with E-state index < -0.39 is 10.0 Å². The third-order valence-electron chi connectivity index (χ3n) is 4.27. The summed E-state index contributed by atoms with van der Waals surface area (Å²) in [5.41, 5.74) is 0.133. The van der Waals surface area contributed by atoms with E-state index in [9.17, 15) is 8.42 Å². The number of aromatic nitrogens is 1. The molecule has 1 aliphatic rings. The maximum atomic E-state index is 12.3. The van der Waals surface area contributed by atoms with Crippen LogP contribution >= 0.6 is 11.6 Å². The van der Waals surface area contributed by atoms with Crippen LogP contribution in [0.2, 0.25) is 5.02 Å². The van der Waals surface area contributed by atoms with Gasteiger partial charge in [0.1, 0.15) is 10.7 Å². The van der Waals surface area contributed by atoms with E-state index in [1.54, 1.807) is 0 Å². The molecule has 1 aromatic heterocycles. The largest absolute Gasteiger partial charge is 0.369 e. The van der Waals surface area contributed by atoms with Crippen molar-refractivity contribution >= 4 is 27.4 Å². The second-order valence-electron chi connectivity index (χ2n) is 5.56. The van der Waals surface area contributed by atoms with Crippen molar-refractivity contribution in [2.75, 3.05) is 18.4 Å². The van der Waals surface area contributed by atoms with E-state index >= 15 is 0 Å². The normalized spacial score (nSPS) is 17.3. The highest BCUT2D eigenvalue weighted by atomic mass is 35.5. The van der Waals surface area contributed by atoms with Crippen molar-refractivity contribution in [2.24, 2.45) is 5.41 Å². The molecule has 118 valence electrons. The van der Waals surface area contributed by atoms with Gasteiger partial charge < -0.3 is 5.32 Å². The predicted molar refractivity (Wildman–Crippen MR) is 85.2 cm³/mol. The number of nitrogens with one attached hydrogen (secondary N) is 2. The van der Waals surface area contributed by atoms with Gasteiger partial charge in [-0.1, -0.05) is 24.9 Å². The van der Waals surface area contributed by atoms with Crippen LogP contribution in [0.4, 0.5) is 5.82 Å². The molecule has 0 bridgehead atoms. The van der Waals surface area contributed by atoms with Gasteiger partial charge in [-0.25, -0.2) is 18.1 Å². The minimum absolute atomic E-state index is 0.111. The van der Waals surface area contributed by atoms with Crippen LogP contribution < -0.4 is 10.0 Å². The fourth-order valence-corrected chi connectivity index (χ4v) is 3.95. The standard InChI is InChI=1S/C14H22ClN3O2S/c1-3-14(6-5-7-14)10-18-21(19,20)11-8-12(15)13(16-4-2)17-9-11/h8-9,18H,3-7,10H2,1-2H3,(H,16,17). The summed E-state index contributed by atoms with van der Waals surface area (Å²) in [4.78, 5) is 4.18. The van der Waals surface area contributed by atoms with Gasteiger partial charge >= 0.3 is 0 Å². The van der Waals surface area contributed by atoms with Gasteiger partial charge in [0.2, 0.25) is 10.0 Å². The van der Waals surface area contributed by atoms with Gasteiger partial charge in [0.05, 0.1) is 5.02 Å². The Bertz CT molecular complexity index is 595. The van der Waals surface area contributed by atoms with Crippen LogP contribution in [0.3, 0.4) is 0 Å². The Hall–Kier alpha value is -0.850. The zero-order valence-corrected chi connectivity index (χ0v) is 14.0. The Morgan fingerprint density at radius 2 is 2.10 bits per heavy atom. The highest BCUT2D eigenvalue weighted by molar-refractivity contribution is 7.89. The number of hydrogen-bond donors (Lipinski definition) is 2. The van der Waals surface area contributed by atoms with Crippen LogP contribution in [0.25, 0.3) is 0 Å². The van der Waals surface area contributed by atoms with E-state index in [-0.39, 0.29) is 10.3 Å². The van der Waals surface area contributed by atoms with Crippen LogP contribution in [-0.2, 0) is 10.0 Å². The molecule has 0 aromatic carbocycles. The fraction of sp³-hybridized carbons (Fsp3) is 0.643. The van der Waals surface area contributed by atoms with Crippen LogP contribution in [0, 0.1) is 5.41 Å². The lowest BCUT2D eigenvalue weighted by molar-refractivity contribution is 0.133. The highest BCUT2D eigenvalue weighted by Gasteiger charge is 2.36. The summed E-state index contributed by atoms with van der Waals surface area (Å²) >= 11 is 6.05. The number of anilines is 1. The number of rotatable bonds is 7. The average molecular weight is 332 g/mol. The number of pyridine rings is 1. The number of nitrogens with zero attached hydrogens (tertiary/aromatic N) is 1. The van der Waals surface area contributed by atoms with Gasteiger partial charge in [-0.3, -0.25) is 0 Å². The first-order valence-corrected chi connectivity index (χ1v) is 9.18. The number of halogens is 1. The van der Waals surface area contributed by atoms with Crippen LogP contribution in [0.1, 0.15) is 39.5 Å². The van der Waals surface area contributed by atoms with Gasteiger partial charge in [-0.15, -0.1) is 0 Å². The molecule has 7 heteroatoms. The van der Waals surface area contributed by atoms with Crippen molar-refractivity contribution < 1.29 is 8.42 Å². The van der Waals surface area contributed by atoms with E-state index in [1.165, 1.54) is 18.7 Å². The van der Waals surface area contributed by atoms with Crippen molar-refractivity contribution in [1.29, 1.82) is 0 Å². The summed E-state index contributed by atoms with van der Waals surface area (Å²) < 4.78 is 27.4. The third kappa shape index (κ3) is 3.67. The van der Waals surface area contributed by atoms with Gasteiger partial charge in [0, 0.05) is 19.3 Å². The van der Waals surface area contributed by atoms with Gasteiger partial charge in [0.25, 0.3) is 0 Å². The quantitative estimate of drug-likeness (QED) is 0.805. The van der Waals surface area contributed by atoms with Gasteiger partial charge in [-0.2, -0.15) is 0 Å². The SMILES string of the molecule is CCNc1ncc(S(=O)(=O)NCC2(CC)CCC2)cc1Cl. The van der Waals surface area contributed by atoms with E-state index in [0.717, 1.165) is 19.3 Å². The van der Waals surface area contributed by atoms with E-state index in [2.05, 4.69) is 21.9 Å². The van der Waals surface area contributed by atoms with E-state index in [0.29, 0.717) is 23.9 Å². The smallest absolute Gasteiger partial charge is 0.242 e. The van der Waals surface area contributed by atoms with Gasteiger partial charge in [-0.05, 0) is 37.7 Å². The maximum absolute atomic E-state index is 12.3. The van der Waals surface area contributed by atoms with Crippen molar-refractivity contribution in [3.05, 3.63) is 17.3 Å². The zero-order valence-electron chi connectivity index (χ0n) is 12.4. The zero-order chi connectivity index (χ0) is 15.5. The molecule has 1 aromatic rings. The molecule has 1 aliphatic carbocycles. The Kier molecular flexibility index (Phi) is 5.11. The van der Waals surface area contributed by atoms with Crippen LogP contribution in [0.15, 0.2) is 17.2 Å². The van der Waals surface area contributed by atoms with Crippen LogP contribution in [-0.4, -0.2) is 26.5 Å². The minimum Gasteiger partial charge on any atom is -0.369 e.